The van der Waals surface area contributed by atoms with Gasteiger partial charge in [0.25, 0.3) is 17.5 Å². The Morgan fingerprint density at radius 1 is 1.31 bits per heavy atom. The third-order valence-electron chi connectivity index (χ3n) is 3.29. The Hall–Kier alpha value is -3.11. The smallest absolute Gasteiger partial charge is 0.267 e. The topological polar surface area (TPSA) is 105 Å². The molecule has 130 valence electrons. The van der Waals surface area contributed by atoms with Crippen molar-refractivity contribution in [3.8, 4) is 0 Å². The van der Waals surface area contributed by atoms with Gasteiger partial charge in [-0.05, 0) is 36.5 Å². The Balaban J connectivity index is 1.78. The van der Waals surface area contributed by atoms with Gasteiger partial charge in [0.1, 0.15) is 0 Å². The number of nitro benzene ring substituents is 1. The molecule has 0 saturated carbocycles. The molecule has 1 N–H and O–H groups in total. The summed E-state index contributed by atoms with van der Waals surface area (Å²) in [5.74, 6) is -1.17. The van der Waals surface area contributed by atoms with Crippen LogP contribution in [0.2, 0.25) is 0 Å². The van der Waals surface area contributed by atoms with Crippen LogP contribution >= 0.6 is 24.0 Å². The lowest BCUT2D eigenvalue weighted by atomic mass is 10.2. The molecule has 2 amide bonds. The van der Waals surface area contributed by atoms with E-state index >= 15 is 0 Å². The normalized spacial score (nSPS) is 15.4. The van der Waals surface area contributed by atoms with Crippen molar-refractivity contribution in [2.45, 2.75) is 0 Å². The zero-order valence-corrected chi connectivity index (χ0v) is 14.6. The summed E-state index contributed by atoms with van der Waals surface area (Å²) in [6.45, 7) is 0. The number of non-ortho nitro benzene ring substituents is 1. The molecule has 0 atom stereocenters. The third kappa shape index (κ3) is 3.76. The van der Waals surface area contributed by atoms with Gasteiger partial charge in [-0.25, -0.2) is 0 Å². The maximum atomic E-state index is 12.5. The third-order valence-corrected chi connectivity index (χ3v) is 4.60. The molecule has 0 unspecified atom stereocenters. The zero-order valence-electron chi connectivity index (χ0n) is 13.0. The highest BCUT2D eigenvalue weighted by molar-refractivity contribution is 8.26. The van der Waals surface area contributed by atoms with E-state index in [0.717, 1.165) is 22.8 Å². The number of carbonyl (C=O) groups excluding carboxylic acids is 2. The molecule has 0 aliphatic carbocycles. The minimum atomic E-state index is -0.677. The zero-order chi connectivity index (χ0) is 18.7. The number of hydrazine groups is 1. The summed E-state index contributed by atoms with van der Waals surface area (Å²) >= 11 is 6.16. The van der Waals surface area contributed by atoms with Crippen molar-refractivity contribution in [1.29, 1.82) is 0 Å². The van der Waals surface area contributed by atoms with Crippen LogP contribution in [0.5, 0.6) is 0 Å². The van der Waals surface area contributed by atoms with Gasteiger partial charge in [0.15, 0.2) is 4.32 Å². The van der Waals surface area contributed by atoms with Crippen LogP contribution in [0.3, 0.4) is 0 Å². The van der Waals surface area contributed by atoms with Gasteiger partial charge in [0, 0.05) is 23.9 Å². The lowest BCUT2D eigenvalue weighted by molar-refractivity contribution is -0.384. The van der Waals surface area contributed by atoms with E-state index in [1.807, 2.05) is 0 Å². The van der Waals surface area contributed by atoms with Gasteiger partial charge in [-0.2, -0.15) is 5.01 Å². The molecule has 1 aromatic carbocycles. The standard InChI is InChI=1S/C16H10N4O4S2/c21-14(10-4-3-6-12(8-10)20(23)24)18-19-15(22)13(26-16(19)25)9-11-5-1-2-7-17-11/h1-9H,(H,18,21)/b13-9-. The fraction of sp³-hybridized carbons (Fsp3) is 0. The molecule has 26 heavy (non-hydrogen) atoms. The fourth-order valence-electron chi connectivity index (χ4n) is 2.09. The van der Waals surface area contributed by atoms with Crippen LogP contribution in [0.1, 0.15) is 16.1 Å². The quantitative estimate of drug-likeness (QED) is 0.372. The van der Waals surface area contributed by atoms with Crippen LogP contribution in [0.15, 0.2) is 53.6 Å². The first-order valence-electron chi connectivity index (χ1n) is 7.20. The predicted molar refractivity (Wildman–Crippen MR) is 99.8 cm³/mol. The Labute approximate surface area is 157 Å². The molecule has 0 radical (unpaired) electrons. The monoisotopic (exact) mass is 386 g/mol. The van der Waals surface area contributed by atoms with Gasteiger partial charge in [0.2, 0.25) is 0 Å². The van der Waals surface area contributed by atoms with Crippen molar-refractivity contribution in [3.63, 3.8) is 0 Å². The van der Waals surface area contributed by atoms with Crippen molar-refractivity contribution in [1.82, 2.24) is 15.4 Å². The Kier molecular flexibility index (Phi) is 5.05. The predicted octanol–water partition coefficient (Wildman–Crippen LogP) is 2.54. The van der Waals surface area contributed by atoms with Crippen LogP contribution in [0, 0.1) is 10.1 Å². The first-order chi connectivity index (χ1) is 12.5. The van der Waals surface area contributed by atoms with Crippen LogP contribution in [0.25, 0.3) is 6.08 Å². The summed E-state index contributed by atoms with van der Waals surface area (Å²) in [5, 5.41) is 11.8. The number of thiocarbonyl (C=S) groups is 1. The Bertz CT molecular complexity index is 946. The number of aromatic nitrogens is 1. The highest BCUT2D eigenvalue weighted by atomic mass is 32.2. The molecule has 3 rings (SSSR count). The average Bonchev–Trinajstić information content (AvgIpc) is 2.90. The summed E-state index contributed by atoms with van der Waals surface area (Å²) in [5.41, 5.74) is 2.78. The second kappa shape index (κ2) is 7.42. The summed E-state index contributed by atoms with van der Waals surface area (Å²) < 4.78 is 0.149. The van der Waals surface area contributed by atoms with E-state index in [1.165, 1.54) is 18.2 Å². The molecule has 2 aromatic rings. The van der Waals surface area contributed by atoms with Crippen molar-refractivity contribution < 1.29 is 14.5 Å². The fourth-order valence-corrected chi connectivity index (χ4v) is 3.25. The average molecular weight is 386 g/mol. The van der Waals surface area contributed by atoms with Crippen molar-refractivity contribution in [2.75, 3.05) is 0 Å². The van der Waals surface area contributed by atoms with Gasteiger partial charge in [-0.15, -0.1) is 0 Å². The molecule has 8 nitrogen and oxygen atoms in total. The minimum Gasteiger partial charge on any atom is -0.267 e. The number of hydrogen-bond acceptors (Lipinski definition) is 7. The molecule has 10 heteroatoms. The summed E-state index contributed by atoms with van der Waals surface area (Å²) in [6, 6.07) is 10.4. The lowest BCUT2D eigenvalue weighted by Gasteiger charge is -2.15. The van der Waals surface area contributed by atoms with Gasteiger partial charge in [-0.3, -0.25) is 30.1 Å². The largest absolute Gasteiger partial charge is 0.285 e. The highest BCUT2D eigenvalue weighted by Gasteiger charge is 2.34. The molecule has 1 saturated heterocycles. The van der Waals surface area contributed by atoms with Gasteiger partial charge in [0.05, 0.1) is 15.5 Å². The molecule has 1 aromatic heterocycles. The molecular formula is C16H10N4O4S2. The van der Waals surface area contributed by atoms with E-state index < -0.39 is 16.7 Å². The van der Waals surface area contributed by atoms with Crippen molar-refractivity contribution >= 4 is 51.9 Å². The lowest BCUT2D eigenvalue weighted by Crippen LogP contribution is -2.44. The number of hydrogen-bond donors (Lipinski definition) is 1. The second-order valence-corrected chi connectivity index (χ2v) is 6.70. The number of rotatable bonds is 4. The van der Waals surface area contributed by atoms with E-state index in [-0.39, 0.29) is 15.6 Å². The number of nitrogens with one attached hydrogen (secondary N) is 1. The second-order valence-electron chi connectivity index (χ2n) is 5.02. The van der Waals surface area contributed by atoms with Crippen molar-refractivity contribution in [3.05, 3.63) is 74.9 Å². The Morgan fingerprint density at radius 3 is 2.81 bits per heavy atom. The van der Waals surface area contributed by atoms with E-state index in [0.29, 0.717) is 10.6 Å². The van der Waals surface area contributed by atoms with Gasteiger partial charge in [-0.1, -0.05) is 23.9 Å². The maximum absolute atomic E-state index is 12.5. The van der Waals surface area contributed by atoms with Crippen LogP contribution in [0.4, 0.5) is 5.69 Å². The summed E-state index contributed by atoms with van der Waals surface area (Å²) in [4.78, 5) is 39.4. The van der Waals surface area contributed by atoms with E-state index in [4.69, 9.17) is 12.2 Å². The number of benzene rings is 1. The number of amides is 2. The first kappa shape index (κ1) is 17.7. The molecule has 0 bridgehead atoms. The van der Waals surface area contributed by atoms with Gasteiger partial charge < -0.3 is 0 Å². The molecule has 0 spiro atoms. The number of pyridine rings is 1. The molecule has 1 aliphatic heterocycles. The Morgan fingerprint density at radius 2 is 2.12 bits per heavy atom. The SMILES string of the molecule is O=C(NN1C(=O)/C(=C/c2ccccn2)SC1=S)c1cccc([N+](=O)[O-])c1. The van der Waals surface area contributed by atoms with E-state index in [2.05, 4.69) is 10.4 Å². The van der Waals surface area contributed by atoms with Crippen LogP contribution in [-0.4, -0.2) is 31.1 Å². The number of nitrogens with zero attached hydrogens (tertiary/aromatic N) is 3. The maximum Gasteiger partial charge on any atom is 0.285 e. The van der Waals surface area contributed by atoms with E-state index in [1.54, 1.807) is 30.5 Å². The molecule has 2 heterocycles. The van der Waals surface area contributed by atoms with Gasteiger partial charge >= 0.3 is 0 Å². The minimum absolute atomic E-state index is 0.0435. The van der Waals surface area contributed by atoms with Crippen LogP contribution < -0.4 is 5.43 Å². The number of nitro groups is 1. The number of carbonyl (C=O) groups is 2. The van der Waals surface area contributed by atoms with Crippen molar-refractivity contribution in [2.24, 2.45) is 0 Å². The molecular weight excluding hydrogens is 376 g/mol. The number of thioether (sulfide) groups is 1. The summed E-state index contributed by atoms with van der Waals surface area (Å²) in [6.07, 6.45) is 3.16. The highest BCUT2D eigenvalue weighted by Crippen LogP contribution is 2.31. The first-order valence-corrected chi connectivity index (χ1v) is 8.42. The molecule has 1 fully saturated rings. The van der Waals surface area contributed by atoms with E-state index in [9.17, 15) is 19.7 Å². The summed E-state index contributed by atoms with van der Waals surface area (Å²) in [7, 11) is 0. The molecule has 1 aliphatic rings. The van der Waals surface area contributed by atoms with Crippen LogP contribution in [-0.2, 0) is 4.79 Å².